The fourth-order valence-corrected chi connectivity index (χ4v) is 2.42. The van der Waals surface area contributed by atoms with E-state index in [1.165, 1.54) is 6.07 Å². The average molecular weight is 354 g/mol. The van der Waals surface area contributed by atoms with E-state index >= 15 is 0 Å². The number of hydrogen-bond acceptors (Lipinski definition) is 4. The molecular formula is C14H12BrNO3S. The summed E-state index contributed by atoms with van der Waals surface area (Å²) in [5.41, 5.74) is 0.180. The van der Waals surface area contributed by atoms with E-state index in [0.717, 1.165) is 9.50 Å². The first kappa shape index (κ1) is 14.9. The molecule has 20 heavy (non-hydrogen) atoms. The number of carboxylic acid groups (broad SMARTS) is 1. The van der Waals surface area contributed by atoms with Crippen LogP contribution in [0.5, 0.6) is 5.75 Å². The zero-order valence-electron chi connectivity index (χ0n) is 10.5. The van der Waals surface area contributed by atoms with E-state index in [4.69, 9.17) is 9.84 Å². The molecule has 0 fully saturated rings. The van der Waals surface area contributed by atoms with E-state index in [2.05, 4.69) is 20.9 Å². The van der Waals surface area contributed by atoms with Crippen molar-refractivity contribution in [2.75, 3.05) is 12.4 Å². The van der Waals surface area contributed by atoms with Crippen molar-refractivity contribution >= 4 is 33.7 Å². The summed E-state index contributed by atoms with van der Waals surface area (Å²) in [6, 6.07) is 10.5. The number of aromatic carboxylic acids is 1. The van der Waals surface area contributed by atoms with Crippen molar-refractivity contribution in [3.8, 4) is 5.75 Å². The molecule has 4 nitrogen and oxygen atoms in total. The number of ether oxygens (including phenoxy) is 1. The standard InChI is InChI=1S/C14H12BrNO3S/c15-10-5-6-13(16-9-10)20-8-7-19-12-4-2-1-3-11(12)14(17)18/h1-6,9H,7-8H2,(H,17,18). The summed E-state index contributed by atoms with van der Waals surface area (Å²) in [5, 5.41) is 9.93. The largest absolute Gasteiger partial charge is 0.492 e. The van der Waals surface area contributed by atoms with Crippen LogP contribution in [0.15, 0.2) is 52.1 Å². The second kappa shape index (κ2) is 7.31. The van der Waals surface area contributed by atoms with Gasteiger partial charge < -0.3 is 9.84 Å². The Bertz CT molecular complexity index is 589. The molecule has 2 aromatic rings. The fourth-order valence-electron chi connectivity index (χ4n) is 1.51. The maximum absolute atomic E-state index is 11.0. The highest BCUT2D eigenvalue weighted by Gasteiger charge is 2.09. The van der Waals surface area contributed by atoms with Gasteiger partial charge in [-0.1, -0.05) is 12.1 Å². The first-order valence-corrected chi connectivity index (χ1v) is 7.64. The van der Waals surface area contributed by atoms with Gasteiger partial charge >= 0.3 is 5.97 Å². The Labute approximate surface area is 129 Å². The lowest BCUT2D eigenvalue weighted by molar-refractivity contribution is 0.0692. The minimum atomic E-state index is -0.983. The number of carboxylic acids is 1. The molecule has 6 heteroatoms. The maximum Gasteiger partial charge on any atom is 0.339 e. The van der Waals surface area contributed by atoms with Crippen LogP contribution in [0.2, 0.25) is 0 Å². The van der Waals surface area contributed by atoms with E-state index in [1.807, 2.05) is 12.1 Å². The third kappa shape index (κ3) is 4.25. The van der Waals surface area contributed by atoms with Crippen LogP contribution in [0.4, 0.5) is 0 Å². The van der Waals surface area contributed by atoms with Crippen molar-refractivity contribution in [1.82, 2.24) is 4.98 Å². The van der Waals surface area contributed by atoms with Gasteiger partial charge in [0.05, 0.1) is 11.6 Å². The minimum absolute atomic E-state index is 0.180. The zero-order valence-corrected chi connectivity index (χ0v) is 12.9. The lowest BCUT2D eigenvalue weighted by Gasteiger charge is -2.08. The van der Waals surface area contributed by atoms with Gasteiger partial charge in [-0.3, -0.25) is 0 Å². The van der Waals surface area contributed by atoms with Crippen LogP contribution in [-0.4, -0.2) is 28.4 Å². The SMILES string of the molecule is O=C(O)c1ccccc1OCCSc1ccc(Br)cn1. The lowest BCUT2D eigenvalue weighted by Crippen LogP contribution is -2.05. The first-order chi connectivity index (χ1) is 9.66. The van der Waals surface area contributed by atoms with Crippen molar-refractivity contribution in [1.29, 1.82) is 0 Å². The molecule has 0 bridgehead atoms. The van der Waals surface area contributed by atoms with Gasteiger partial charge in [0.1, 0.15) is 11.3 Å². The molecule has 0 radical (unpaired) electrons. The van der Waals surface area contributed by atoms with E-state index in [0.29, 0.717) is 18.1 Å². The van der Waals surface area contributed by atoms with Gasteiger partial charge in [-0.2, -0.15) is 0 Å². The second-order valence-corrected chi connectivity index (χ2v) is 5.84. The molecule has 0 saturated carbocycles. The van der Waals surface area contributed by atoms with Gasteiger partial charge in [0.2, 0.25) is 0 Å². The number of para-hydroxylation sites is 1. The number of nitrogens with zero attached hydrogens (tertiary/aromatic N) is 1. The van der Waals surface area contributed by atoms with Gasteiger partial charge in [-0.05, 0) is 40.2 Å². The summed E-state index contributed by atoms with van der Waals surface area (Å²) in [5.74, 6) is 0.106. The third-order valence-electron chi connectivity index (χ3n) is 2.41. The molecule has 0 aliphatic rings. The number of aromatic nitrogens is 1. The fraction of sp³-hybridized carbons (Fsp3) is 0.143. The summed E-state index contributed by atoms with van der Waals surface area (Å²) in [6.07, 6.45) is 1.74. The van der Waals surface area contributed by atoms with E-state index < -0.39 is 5.97 Å². The lowest BCUT2D eigenvalue weighted by atomic mass is 10.2. The Morgan fingerprint density at radius 2 is 2.10 bits per heavy atom. The summed E-state index contributed by atoms with van der Waals surface area (Å²) < 4.78 is 6.44. The Morgan fingerprint density at radius 3 is 2.80 bits per heavy atom. The van der Waals surface area contributed by atoms with Crippen LogP contribution < -0.4 is 4.74 Å². The Kier molecular flexibility index (Phi) is 5.43. The molecule has 0 aliphatic heterocycles. The number of carbonyl (C=O) groups is 1. The smallest absolute Gasteiger partial charge is 0.339 e. The molecule has 1 N–H and O–H groups in total. The van der Waals surface area contributed by atoms with Crippen LogP contribution in [0.25, 0.3) is 0 Å². The molecule has 0 spiro atoms. The Morgan fingerprint density at radius 1 is 1.30 bits per heavy atom. The molecular weight excluding hydrogens is 342 g/mol. The van der Waals surface area contributed by atoms with Crippen LogP contribution in [-0.2, 0) is 0 Å². The van der Waals surface area contributed by atoms with E-state index in [1.54, 1.807) is 36.2 Å². The number of thioether (sulfide) groups is 1. The second-order valence-electron chi connectivity index (χ2n) is 3.81. The molecule has 0 unspecified atom stereocenters. The van der Waals surface area contributed by atoms with E-state index in [-0.39, 0.29) is 5.56 Å². The highest BCUT2D eigenvalue weighted by Crippen LogP contribution is 2.20. The monoisotopic (exact) mass is 353 g/mol. The quantitative estimate of drug-likeness (QED) is 0.633. The van der Waals surface area contributed by atoms with Crippen molar-refractivity contribution < 1.29 is 14.6 Å². The van der Waals surface area contributed by atoms with Crippen molar-refractivity contribution in [3.05, 3.63) is 52.6 Å². The predicted molar refractivity (Wildman–Crippen MR) is 81.6 cm³/mol. The first-order valence-electron chi connectivity index (χ1n) is 5.86. The molecule has 0 atom stereocenters. The van der Waals surface area contributed by atoms with Gasteiger partial charge in [-0.15, -0.1) is 11.8 Å². The molecule has 1 aromatic heterocycles. The van der Waals surface area contributed by atoms with Gasteiger partial charge in [0.15, 0.2) is 0 Å². The molecule has 0 saturated heterocycles. The highest BCUT2D eigenvalue weighted by molar-refractivity contribution is 9.10. The van der Waals surface area contributed by atoms with Gasteiger partial charge in [-0.25, -0.2) is 9.78 Å². The molecule has 104 valence electrons. The van der Waals surface area contributed by atoms with Crippen molar-refractivity contribution in [2.45, 2.75) is 5.03 Å². The summed E-state index contributed by atoms with van der Waals surface area (Å²) in [4.78, 5) is 15.2. The highest BCUT2D eigenvalue weighted by atomic mass is 79.9. The van der Waals surface area contributed by atoms with Crippen molar-refractivity contribution in [2.24, 2.45) is 0 Å². The number of halogens is 1. The van der Waals surface area contributed by atoms with Crippen LogP contribution in [0.1, 0.15) is 10.4 Å². The molecule has 0 amide bonds. The molecule has 0 aliphatic carbocycles. The number of pyridine rings is 1. The summed E-state index contributed by atoms with van der Waals surface area (Å²) in [7, 11) is 0. The van der Waals surface area contributed by atoms with E-state index in [9.17, 15) is 4.79 Å². The zero-order chi connectivity index (χ0) is 14.4. The van der Waals surface area contributed by atoms with Crippen LogP contribution in [0.3, 0.4) is 0 Å². The Hall–Kier alpha value is -1.53. The molecule has 1 heterocycles. The molecule has 2 rings (SSSR count). The summed E-state index contributed by atoms with van der Waals surface area (Å²) >= 11 is 4.89. The van der Waals surface area contributed by atoms with Crippen LogP contribution >= 0.6 is 27.7 Å². The third-order valence-corrected chi connectivity index (χ3v) is 3.79. The topological polar surface area (TPSA) is 59.4 Å². The number of hydrogen-bond donors (Lipinski definition) is 1. The van der Waals surface area contributed by atoms with Gasteiger partial charge in [0, 0.05) is 16.4 Å². The number of rotatable bonds is 6. The van der Waals surface area contributed by atoms with Gasteiger partial charge in [0.25, 0.3) is 0 Å². The average Bonchev–Trinajstić information content (AvgIpc) is 2.46. The predicted octanol–water partition coefficient (Wildman–Crippen LogP) is 3.71. The normalized spacial score (nSPS) is 10.2. The molecule has 1 aromatic carbocycles. The number of benzene rings is 1. The summed E-state index contributed by atoms with van der Waals surface area (Å²) in [6.45, 7) is 0.423. The Balaban J connectivity index is 1.84. The maximum atomic E-state index is 11.0. The minimum Gasteiger partial charge on any atom is -0.492 e. The van der Waals surface area contributed by atoms with Crippen LogP contribution in [0, 0.1) is 0 Å². The van der Waals surface area contributed by atoms with Crippen molar-refractivity contribution in [3.63, 3.8) is 0 Å².